The van der Waals surface area contributed by atoms with Crippen LogP contribution in [-0.2, 0) is 0 Å². The minimum Gasteiger partial charge on any atom is -0.463 e. The molecule has 1 amide bonds. The predicted octanol–water partition coefficient (Wildman–Crippen LogP) is 2.31. The Hall–Kier alpha value is -2.50. The van der Waals surface area contributed by atoms with E-state index >= 15 is 0 Å². The Morgan fingerprint density at radius 2 is 2.35 bits per heavy atom. The average molecular weight is 231 g/mol. The molecule has 0 bridgehead atoms. The first-order valence-corrected chi connectivity index (χ1v) is 5.03. The molecule has 0 aliphatic heterocycles. The lowest BCUT2D eigenvalue weighted by Gasteiger charge is -1.96. The van der Waals surface area contributed by atoms with Crippen molar-refractivity contribution in [3.8, 4) is 0 Å². The second-order valence-corrected chi connectivity index (χ2v) is 3.66. The first-order valence-electron chi connectivity index (χ1n) is 5.03. The Morgan fingerprint density at radius 1 is 1.47 bits per heavy atom. The van der Waals surface area contributed by atoms with E-state index in [4.69, 9.17) is 8.94 Å². The molecule has 6 heteroatoms. The number of anilines is 1. The van der Waals surface area contributed by atoms with Crippen LogP contribution >= 0.6 is 0 Å². The number of fused-ring (bicyclic) bond motifs is 1. The molecule has 0 saturated carbocycles. The van der Waals surface area contributed by atoms with Gasteiger partial charge >= 0.3 is 0 Å². The summed E-state index contributed by atoms with van der Waals surface area (Å²) in [6.45, 7) is 1.75. The number of aromatic amines is 1. The number of hydrogen-bond acceptors (Lipinski definition) is 4. The number of hydrogen-bond donors (Lipinski definition) is 2. The number of aryl methyl sites for hydroxylation is 1. The fourth-order valence-electron chi connectivity index (χ4n) is 1.58. The van der Waals surface area contributed by atoms with Crippen molar-refractivity contribution in [2.45, 2.75) is 6.92 Å². The molecule has 3 rings (SSSR count). The number of furan rings is 1. The van der Waals surface area contributed by atoms with Crippen LogP contribution in [0, 0.1) is 6.92 Å². The van der Waals surface area contributed by atoms with Gasteiger partial charge in [0.15, 0.2) is 11.4 Å². The van der Waals surface area contributed by atoms with Gasteiger partial charge in [-0.2, -0.15) is 0 Å². The topological polar surface area (TPSA) is 84.1 Å². The Bertz CT molecular complexity index is 648. The van der Waals surface area contributed by atoms with Crippen LogP contribution in [0.3, 0.4) is 0 Å². The first-order chi connectivity index (χ1) is 8.22. The van der Waals surface area contributed by atoms with Gasteiger partial charge in [0.2, 0.25) is 0 Å². The summed E-state index contributed by atoms with van der Waals surface area (Å²) in [4.78, 5) is 14.8. The van der Waals surface area contributed by atoms with Crippen LogP contribution in [0.4, 0.5) is 5.82 Å². The van der Waals surface area contributed by atoms with Crippen molar-refractivity contribution >= 4 is 22.8 Å². The zero-order valence-electron chi connectivity index (χ0n) is 8.98. The average Bonchev–Trinajstić information content (AvgIpc) is 2.92. The second-order valence-electron chi connectivity index (χ2n) is 3.66. The van der Waals surface area contributed by atoms with E-state index in [0.717, 1.165) is 5.52 Å². The summed E-state index contributed by atoms with van der Waals surface area (Å²) < 4.78 is 10.0. The molecule has 0 atom stereocenters. The van der Waals surface area contributed by atoms with Crippen LogP contribution in [-0.4, -0.2) is 16.0 Å². The third-order valence-electron chi connectivity index (χ3n) is 2.35. The number of carbonyl (C=O) groups is 1. The molecule has 86 valence electrons. The van der Waals surface area contributed by atoms with E-state index in [2.05, 4.69) is 15.5 Å². The first kappa shape index (κ1) is 9.71. The molecule has 0 saturated heterocycles. The second kappa shape index (κ2) is 3.51. The van der Waals surface area contributed by atoms with Gasteiger partial charge in [0.05, 0.1) is 11.8 Å². The molecule has 0 unspecified atom stereocenters. The van der Waals surface area contributed by atoms with E-state index in [1.54, 1.807) is 31.4 Å². The number of amides is 1. The number of aromatic nitrogens is 2. The van der Waals surface area contributed by atoms with Crippen molar-refractivity contribution in [3.05, 3.63) is 35.9 Å². The van der Waals surface area contributed by atoms with Gasteiger partial charge in [-0.05, 0) is 6.92 Å². The number of nitrogens with zero attached hydrogens (tertiary/aromatic N) is 1. The van der Waals surface area contributed by atoms with E-state index in [-0.39, 0.29) is 5.91 Å². The monoisotopic (exact) mass is 231 g/mol. The Kier molecular flexibility index (Phi) is 2.01. The summed E-state index contributed by atoms with van der Waals surface area (Å²) in [6.07, 6.45) is 1.56. The maximum Gasteiger partial charge on any atom is 0.273 e. The van der Waals surface area contributed by atoms with Crippen LogP contribution in [0.25, 0.3) is 11.1 Å². The standard InChI is InChI=1S/C11H9N3O3/c1-6-4-10(14-17-6)13-11(15)8-5-9-7(12-8)2-3-16-9/h2-5,12H,1H3,(H,13,14,15). The van der Waals surface area contributed by atoms with Crippen LogP contribution in [0.1, 0.15) is 16.2 Å². The molecular formula is C11H9N3O3. The molecule has 0 aliphatic rings. The number of H-pyrrole nitrogens is 1. The predicted molar refractivity (Wildman–Crippen MR) is 59.8 cm³/mol. The van der Waals surface area contributed by atoms with Crippen molar-refractivity contribution in [1.82, 2.24) is 10.1 Å². The molecule has 3 heterocycles. The number of nitrogens with one attached hydrogen (secondary N) is 2. The van der Waals surface area contributed by atoms with Gasteiger partial charge < -0.3 is 19.2 Å². The lowest BCUT2D eigenvalue weighted by atomic mass is 10.4. The van der Waals surface area contributed by atoms with Gasteiger partial charge in [-0.3, -0.25) is 4.79 Å². The lowest BCUT2D eigenvalue weighted by Crippen LogP contribution is -2.12. The molecule has 6 nitrogen and oxygen atoms in total. The van der Waals surface area contributed by atoms with E-state index in [9.17, 15) is 4.79 Å². The maximum atomic E-state index is 11.8. The molecule has 3 aromatic rings. The zero-order chi connectivity index (χ0) is 11.8. The Labute approximate surface area is 95.6 Å². The minimum atomic E-state index is -0.287. The highest BCUT2D eigenvalue weighted by molar-refractivity contribution is 6.04. The normalized spacial score (nSPS) is 10.9. The molecule has 0 radical (unpaired) electrons. The highest BCUT2D eigenvalue weighted by Gasteiger charge is 2.12. The molecule has 2 N–H and O–H groups in total. The third kappa shape index (κ3) is 1.69. The zero-order valence-corrected chi connectivity index (χ0v) is 8.98. The number of rotatable bonds is 2. The van der Waals surface area contributed by atoms with Crippen LogP contribution in [0.5, 0.6) is 0 Å². The van der Waals surface area contributed by atoms with Gasteiger partial charge in [-0.25, -0.2) is 0 Å². The summed E-state index contributed by atoms with van der Waals surface area (Å²) in [5, 5.41) is 6.29. The highest BCUT2D eigenvalue weighted by Crippen LogP contribution is 2.17. The molecule has 0 aliphatic carbocycles. The van der Waals surface area contributed by atoms with Gasteiger partial charge in [0.1, 0.15) is 11.5 Å². The van der Waals surface area contributed by atoms with Crippen LogP contribution < -0.4 is 5.32 Å². The van der Waals surface area contributed by atoms with Crippen LogP contribution in [0.15, 0.2) is 33.4 Å². The summed E-state index contributed by atoms with van der Waals surface area (Å²) in [5.74, 6) is 0.740. The summed E-state index contributed by atoms with van der Waals surface area (Å²) in [6, 6.07) is 5.04. The maximum absolute atomic E-state index is 11.8. The van der Waals surface area contributed by atoms with E-state index in [1.165, 1.54) is 0 Å². The SMILES string of the molecule is Cc1cc(NC(=O)c2cc3occc3[nH]2)no1. The third-order valence-corrected chi connectivity index (χ3v) is 2.35. The molecule has 3 aromatic heterocycles. The van der Waals surface area contributed by atoms with Crippen molar-refractivity contribution in [1.29, 1.82) is 0 Å². The van der Waals surface area contributed by atoms with Crippen molar-refractivity contribution < 1.29 is 13.7 Å². The fraction of sp³-hybridized carbons (Fsp3) is 0.0909. The van der Waals surface area contributed by atoms with Gasteiger partial charge in [0, 0.05) is 18.2 Å². The smallest absolute Gasteiger partial charge is 0.273 e. The summed E-state index contributed by atoms with van der Waals surface area (Å²) in [5.41, 5.74) is 1.85. The molecule has 0 spiro atoms. The Morgan fingerprint density at radius 3 is 3.06 bits per heavy atom. The highest BCUT2D eigenvalue weighted by atomic mass is 16.5. The fourth-order valence-corrected chi connectivity index (χ4v) is 1.58. The Balaban J connectivity index is 1.84. The van der Waals surface area contributed by atoms with E-state index < -0.39 is 0 Å². The summed E-state index contributed by atoms with van der Waals surface area (Å²) >= 11 is 0. The molecular weight excluding hydrogens is 222 g/mol. The summed E-state index contributed by atoms with van der Waals surface area (Å²) in [7, 11) is 0. The van der Waals surface area contributed by atoms with Gasteiger partial charge in [-0.15, -0.1) is 0 Å². The van der Waals surface area contributed by atoms with Crippen molar-refractivity contribution in [2.75, 3.05) is 5.32 Å². The largest absolute Gasteiger partial charge is 0.463 e. The number of carbonyl (C=O) groups excluding carboxylic acids is 1. The van der Waals surface area contributed by atoms with Gasteiger partial charge in [-0.1, -0.05) is 5.16 Å². The van der Waals surface area contributed by atoms with E-state index in [0.29, 0.717) is 22.9 Å². The van der Waals surface area contributed by atoms with Crippen molar-refractivity contribution in [2.24, 2.45) is 0 Å². The molecule has 0 fully saturated rings. The van der Waals surface area contributed by atoms with Crippen molar-refractivity contribution in [3.63, 3.8) is 0 Å². The van der Waals surface area contributed by atoms with E-state index in [1.807, 2.05) is 0 Å². The lowest BCUT2D eigenvalue weighted by molar-refractivity contribution is 0.102. The minimum absolute atomic E-state index is 0.287. The van der Waals surface area contributed by atoms with Crippen LogP contribution in [0.2, 0.25) is 0 Å². The quantitative estimate of drug-likeness (QED) is 0.708. The molecule has 17 heavy (non-hydrogen) atoms. The molecule has 0 aromatic carbocycles. The van der Waals surface area contributed by atoms with Gasteiger partial charge in [0.25, 0.3) is 5.91 Å².